The van der Waals surface area contributed by atoms with Crippen molar-refractivity contribution in [2.24, 2.45) is 0 Å². The van der Waals surface area contributed by atoms with E-state index in [1.54, 1.807) is 24.8 Å². The zero-order valence-electron chi connectivity index (χ0n) is 15.5. The molecule has 3 aromatic rings. The third-order valence-electron chi connectivity index (χ3n) is 4.97. The average molecular weight is 360 g/mol. The molecular weight excluding hydrogens is 336 g/mol. The van der Waals surface area contributed by atoms with E-state index in [-0.39, 0.29) is 0 Å². The molecule has 138 valence electrons. The summed E-state index contributed by atoms with van der Waals surface area (Å²) in [5.74, 6) is 1.85. The summed E-state index contributed by atoms with van der Waals surface area (Å²) in [6.45, 7) is 5.34. The molecule has 6 nitrogen and oxygen atoms in total. The van der Waals surface area contributed by atoms with E-state index in [0.29, 0.717) is 11.7 Å². The van der Waals surface area contributed by atoms with Crippen LogP contribution in [0.3, 0.4) is 0 Å². The van der Waals surface area contributed by atoms with Crippen LogP contribution in [0.1, 0.15) is 35.6 Å². The Labute approximate surface area is 159 Å². The van der Waals surface area contributed by atoms with Crippen molar-refractivity contribution in [3.8, 4) is 0 Å². The summed E-state index contributed by atoms with van der Waals surface area (Å²) in [7, 11) is 0. The first-order valence-electron chi connectivity index (χ1n) is 9.39. The van der Waals surface area contributed by atoms with E-state index < -0.39 is 0 Å². The van der Waals surface area contributed by atoms with Crippen LogP contribution in [0.25, 0.3) is 0 Å². The van der Waals surface area contributed by atoms with Crippen molar-refractivity contribution in [3.05, 3.63) is 72.1 Å². The van der Waals surface area contributed by atoms with Gasteiger partial charge in [-0.2, -0.15) is 0 Å². The van der Waals surface area contributed by atoms with Crippen LogP contribution in [0.4, 0.5) is 11.6 Å². The Morgan fingerprint density at radius 2 is 1.89 bits per heavy atom. The SMILES string of the molecule is Cc1cccc(CN2CCC(c3cncc(Nc4cnccn4)n3)CC2)c1. The first kappa shape index (κ1) is 17.5. The molecular formula is C21H24N6. The summed E-state index contributed by atoms with van der Waals surface area (Å²) in [5, 5.41) is 3.17. The summed E-state index contributed by atoms with van der Waals surface area (Å²) >= 11 is 0. The van der Waals surface area contributed by atoms with Gasteiger partial charge in [0.2, 0.25) is 0 Å². The maximum Gasteiger partial charge on any atom is 0.150 e. The summed E-state index contributed by atoms with van der Waals surface area (Å²) in [6.07, 6.45) is 10.8. The highest BCUT2D eigenvalue weighted by atomic mass is 15.1. The van der Waals surface area contributed by atoms with E-state index in [1.807, 2.05) is 6.20 Å². The van der Waals surface area contributed by atoms with Crippen molar-refractivity contribution in [3.63, 3.8) is 0 Å². The Bertz CT molecular complexity index is 875. The summed E-state index contributed by atoms with van der Waals surface area (Å²) in [6, 6.07) is 8.78. The molecule has 3 heterocycles. The van der Waals surface area contributed by atoms with Gasteiger partial charge in [0.25, 0.3) is 0 Å². The standard InChI is InChI=1S/C21H24N6/c1-16-3-2-4-17(11-16)15-27-9-5-18(6-10-27)19-12-23-14-21(25-19)26-20-13-22-7-8-24-20/h2-4,7-8,11-14,18H,5-6,9-10,15H2,1H3,(H,24,25,26). The normalized spacial score (nSPS) is 15.6. The number of nitrogens with one attached hydrogen (secondary N) is 1. The molecule has 0 amide bonds. The van der Waals surface area contributed by atoms with Crippen molar-refractivity contribution in [1.82, 2.24) is 24.8 Å². The molecule has 4 rings (SSSR count). The fraction of sp³-hybridized carbons (Fsp3) is 0.333. The Balaban J connectivity index is 1.36. The number of benzene rings is 1. The highest BCUT2D eigenvalue weighted by Gasteiger charge is 2.22. The maximum absolute atomic E-state index is 4.75. The van der Waals surface area contributed by atoms with Crippen LogP contribution in [-0.2, 0) is 6.54 Å². The molecule has 0 unspecified atom stereocenters. The summed E-state index contributed by atoms with van der Waals surface area (Å²) < 4.78 is 0. The predicted octanol–water partition coefficient (Wildman–Crippen LogP) is 3.70. The third-order valence-corrected chi connectivity index (χ3v) is 4.97. The Morgan fingerprint density at radius 3 is 2.67 bits per heavy atom. The third kappa shape index (κ3) is 4.65. The van der Waals surface area contributed by atoms with Crippen LogP contribution in [0.2, 0.25) is 0 Å². The minimum atomic E-state index is 0.454. The van der Waals surface area contributed by atoms with Crippen LogP contribution in [0.15, 0.2) is 55.2 Å². The van der Waals surface area contributed by atoms with E-state index >= 15 is 0 Å². The second-order valence-corrected chi connectivity index (χ2v) is 7.08. The number of nitrogens with zero attached hydrogens (tertiary/aromatic N) is 5. The minimum absolute atomic E-state index is 0.454. The number of aryl methyl sites for hydroxylation is 1. The molecule has 2 aromatic heterocycles. The van der Waals surface area contributed by atoms with E-state index in [0.717, 1.165) is 44.0 Å². The highest BCUT2D eigenvalue weighted by molar-refractivity contribution is 5.48. The quantitative estimate of drug-likeness (QED) is 0.748. The number of likely N-dealkylation sites (tertiary alicyclic amines) is 1. The van der Waals surface area contributed by atoms with E-state index in [9.17, 15) is 0 Å². The van der Waals surface area contributed by atoms with Crippen molar-refractivity contribution < 1.29 is 0 Å². The molecule has 0 aliphatic carbocycles. The van der Waals surface area contributed by atoms with Gasteiger partial charge < -0.3 is 5.32 Å². The largest absolute Gasteiger partial charge is 0.322 e. The molecule has 1 aliphatic heterocycles. The molecule has 27 heavy (non-hydrogen) atoms. The molecule has 0 bridgehead atoms. The molecule has 1 fully saturated rings. The van der Waals surface area contributed by atoms with Crippen LogP contribution in [0, 0.1) is 6.92 Å². The van der Waals surface area contributed by atoms with Gasteiger partial charge in [-0.3, -0.25) is 14.9 Å². The van der Waals surface area contributed by atoms with Gasteiger partial charge in [-0.05, 0) is 38.4 Å². The first-order valence-corrected chi connectivity index (χ1v) is 9.39. The Kier molecular flexibility index (Phi) is 5.34. The molecule has 1 aliphatic rings. The fourth-order valence-electron chi connectivity index (χ4n) is 3.59. The van der Waals surface area contributed by atoms with Gasteiger partial charge >= 0.3 is 0 Å². The number of hydrogen-bond acceptors (Lipinski definition) is 6. The number of rotatable bonds is 5. The number of piperidine rings is 1. The van der Waals surface area contributed by atoms with Gasteiger partial charge in [-0.25, -0.2) is 9.97 Å². The lowest BCUT2D eigenvalue weighted by atomic mass is 9.93. The van der Waals surface area contributed by atoms with Crippen molar-refractivity contribution >= 4 is 11.6 Å². The Morgan fingerprint density at radius 1 is 1.04 bits per heavy atom. The predicted molar refractivity (Wildman–Crippen MR) is 106 cm³/mol. The topological polar surface area (TPSA) is 66.8 Å². The van der Waals surface area contributed by atoms with Crippen molar-refractivity contribution in [2.45, 2.75) is 32.2 Å². The Hall–Kier alpha value is -2.86. The first-order chi connectivity index (χ1) is 13.3. The van der Waals surface area contributed by atoms with Crippen molar-refractivity contribution in [1.29, 1.82) is 0 Å². The monoisotopic (exact) mass is 360 g/mol. The van der Waals surface area contributed by atoms with Gasteiger partial charge in [0.15, 0.2) is 0 Å². The lowest BCUT2D eigenvalue weighted by Gasteiger charge is -2.31. The molecule has 0 saturated carbocycles. The zero-order chi connectivity index (χ0) is 18.5. The molecule has 1 aromatic carbocycles. The highest BCUT2D eigenvalue weighted by Crippen LogP contribution is 2.28. The van der Waals surface area contributed by atoms with E-state index in [2.05, 4.69) is 56.4 Å². The molecule has 0 atom stereocenters. The van der Waals surface area contributed by atoms with E-state index in [4.69, 9.17) is 4.98 Å². The number of anilines is 2. The van der Waals surface area contributed by atoms with Crippen LogP contribution < -0.4 is 5.32 Å². The van der Waals surface area contributed by atoms with Crippen LogP contribution in [0.5, 0.6) is 0 Å². The smallest absolute Gasteiger partial charge is 0.150 e. The maximum atomic E-state index is 4.75. The number of aromatic nitrogens is 4. The second kappa shape index (κ2) is 8.22. The van der Waals surface area contributed by atoms with Gasteiger partial charge in [-0.1, -0.05) is 29.8 Å². The lowest BCUT2D eigenvalue weighted by Crippen LogP contribution is -2.32. The van der Waals surface area contributed by atoms with Crippen LogP contribution in [-0.4, -0.2) is 37.9 Å². The summed E-state index contributed by atoms with van der Waals surface area (Å²) in [4.78, 5) is 19.9. The van der Waals surface area contributed by atoms with E-state index in [1.165, 1.54) is 11.1 Å². The minimum Gasteiger partial charge on any atom is -0.322 e. The van der Waals surface area contributed by atoms with Gasteiger partial charge in [0.1, 0.15) is 11.6 Å². The molecule has 0 radical (unpaired) electrons. The van der Waals surface area contributed by atoms with Crippen molar-refractivity contribution in [2.75, 3.05) is 18.4 Å². The fourth-order valence-corrected chi connectivity index (χ4v) is 3.59. The zero-order valence-corrected chi connectivity index (χ0v) is 15.5. The molecule has 1 saturated heterocycles. The molecule has 0 spiro atoms. The van der Waals surface area contributed by atoms with Gasteiger partial charge in [0, 0.05) is 31.1 Å². The number of hydrogen-bond donors (Lipinski definition) is 1. The van der Waals surface area contributed by atoms with Gasteiger partial charge in [0.05, 0.1) is 18.1 Å². The lowest BCUT2D eigenvalue weighted by molar-refractivity contribution is 0.203. The van der Waals surface area contributed by atoms with Crippen LogP contribution >= 0.6 is 0 Å². The summed E-state index contributed by atoms with van der Waals surface area (Å²) in [5.41, 5.74) is 3.77. The average Bonchev–Trinajstić information content (AvgIpc) is 2.70. The van der Waals surface area contributed by atoms with Gasteiger partial charge in [-0.15, -0.1) is 0 Å². The second-order valence-electron chi connectivity index (χ2n) is 7.08. The molecule has 1 N–H and O–H groups in total. The molecule has 6 heteroatoms.